The minimum Gasteiger partial charge on any atom is -0.465 e. The number of sulfonamides is 1. The van der Waals surface area contributed by atoms with Crippen molar-refractivity contribution in [2.24, 2.45) is 0 Å². The quantitative estimate of drug-likeness (QED) is 0.840. The molecule has 0 fully saturated rings. The Balaban J connectivity index is 2.56. The van der Waals surface area contributed by atoms with E-state index in [1.54, 1.807) is 0 Å². The molecule has 0 amide bonds. The first-order valence-electron chi connectivity index (χ1n) is 7.46. The summed E-state index contributed by atoms with van der Waals surface area (Å²) >= 11 is 0. The first-order valence-corrected chi connectivity index (χ1v) is 8.94. The largest absolute Gasteiger partial charge is 0.465 e. The number of ether oxygens (including phenoxy) is 1. The van der Waals surface area contributed by atoms with E-state index >= 15 is 0 Å². The number of carbonyl (C=O) groups excluding carboxylic acids is 1. The Hall–Kier alpha value is -2.41. The van der Waals surface area contributed by atoms with Gasteiger partial charge in [0.25, 0.3) is 10.0 Å². The monoisotopic (exact) mass is 348 g/mol. The van der Waals surface area contributed by atoms with E-state index in [0.29, 0.717) is 12.1 Å². The van der Waals surface area contributed by atoms with Gasteiger partial charge in [-0.25, -0.2) is 13.2 Å². The zero-order chi connectivity index (χ0) is 17.9. The van der Waals surface area contributed by atoms with Gasteiger partial charge in [0.2, 0.25) is 0 Å². The number of benzene rings is 1. The number of methoxy groups -OCH3 is 1. The summed E-state index contributed by atoms with van der Waals surface area (Å²) in [6.45, 7) is 5.73. The molecule has 0 aliphatic heterocycles. The van der Waals surface area contributed by atoms with Crippen molar-refractivity contribution in [3.8, 4) is 0 Å². The molecule has 0 atom stereocenters. The summed E-state index contributed by atoms with van der Waals surface area (Å²) < 4.78 is 32.9. The van der Waals surface area contributed by atoms with Gasteiger partial charge in [-0.15, -0.1) is 0 Å². The Morgan fingerprint density at radius 3 is 2.50 bits per heavy atom. The maximum absolute atomic E-state index is 12.8. The summed E-state index contributed by atoms with van der Waals surface area (Å²) in [7, 11) is -2.78. The molecule has 1 aromatic carbocycles. The number of nitrogens with zero attached hydrogens (tertiary/aromatic N) is 1. The van der Waals surface area contributed by atoms with Crippen LogP contribution >= 0.6 is 0 Å². The summed E-state index contributed by atoms with van der Waals surface area (Å²) in [5.74, 6) is -0.727. The van der Waals surface area contributed by atoms with Crippen LogP contribution < -0.4 is 4.72 Å². The van der Waals surface area contributed by atoms with E-state index in [1.807, 2.05) is 32.9 Å². The van der Waals surface area contributed by atoms with E-state index in [1.165, 1.54) is 19.4 Å². The lowest BCUT2D eigenvalue weighted by molar-refractivity contribution is 0.0596. The van der Waals surface area contributed by atoms with Crippen molar-refractivity contribution in [3.63, 3.8) is 0 Å². The molecule has 0 bridgehead atoms. The molecular weight excluding hydrogens is 328 g/mol. The average Bonchev–Trinajstić information content (AvgIpc) is 2.57. The molecule has 1 N–H and O–H groups in total. The van der Waals surface area contributed by atoms with Crippen LogP contribution in [-0.2, 0) is 21.2 Å². The van der Waals surface area contributed by atoms with Gasteiger partial charge in [0.05, 0.1) is 18.4 Å². The third kappa shape index (κ3) is 3.41. The van der Waals surface area contributed by atoms with Crippen molar-refractivity contribution >= 4 is 21.7 Å². The third-order valence-electron chi connectivity index (χ3n) is 3.82. The normalized spacial score (nSPS) is 11.2. The van der Waals surface area contributed by atoms with Crippen LogP contribution in [0, 0.1) is 13.8 Å². The van der Waals surface area contributed by atoms with Crippen LogP contribution in [0.25, 0.3) is 0 Å². The molecule has 0 radical (unpaired) electrons. The molecule has 6 nitrogen and oxygen atoms in total. The highest BCUT2D eigenvalue weighted by atomic mass is 32.2. The summed E-state index contributed by atoms with van der Waals surface area (Å²) in [5, 5.41) is 0. The number of aryl methyl sites for hydroxylation is 2. The molecular formula is C17H20N2O4S. The van der Waals surface area contributed by atoms with Crippen LogP contribution in [-0.4, -0.2) is 26.5 Å². The van der Waals surface area contributed by atoms with Crippen molar-refractivity contribution in [2.75, 3.05) is 11.8 Å². The molecule has 0 spiro atoms. The fraction of sp³-hybridized carbons (Fsp3) is 0.294. The van der Waals surface area contributed by atoms with Gasteiger partial charge < -0.3 is 4.74 Å². The first kappa shape index (κ1) is 17.9. The van der Waals surface area contributed by atoms with Crippen LogP contribution in [0.3, 0.4) is 0 Å². The van der Waals surface area contributed by atoms with Crippen LogP contribution in [0.2, 0.25) is 0 Å². The van der Waals surface area contributed by atoms with Crippen molar-refractivity contribution in [1.82, 2.24) is 4.98 Å². The Morgan fingerprint density at radius 1 is 1.21 bits per heavy atom. The molecule has 24 heavy (non-hydrogen) atoms. The number of aromatic nitrogens is 1. The predicted octanol–water partition coefficient (Wildman–Crippen LogP) is 2.85. The van der Waals surface area contributed by atoms with Crippen molar-refractivity contribution in [1.29, 1.82) is 0 Å². The van der Waals surface area contributed by atoms with Gasteiger partial charge in [-0.2, -0.15) is 0 Å². The molecule has 2 rings (SSSR count). The van der Waals surface area contributed by atoms with Gasteiger partial charge in [-0.05, 0) is 43.0 Å². The van der Waals surface area contributed by atoms with E-state index in [4.69, 9.17) is 0 Å². The fourth-order valence-corrected chi connectivity index (χ4v) is 3.83. The highest BCUT2D eigenvalue weighted by molar-refractivity contribution is 7.92. The second-order valence-electron chi connectivity index (χ2n) is 5.38. The Kier molecular flexibility index (Phi) is 5.23. The SMILES string of the molecule is CCc1c(C)ccc(C)c1NS(=O)(=O)c1cnccc1C(=O)OC. The second kappa shape index (κ2) is 7.00. The Bertz CT molecular complexity index is 876. The molecule has 1 heterocycles. The van der Waals surface area contributed by atoms with Crippen LogP contribution in [0.15, 0.2) is 35.5 Å². The summed E-state index contributed by atoms with van der Waals surface area (Å²) in [4.78, 5) is 15.5. The van der Waals surface area contributed by atoms with E-state index < -0.39 is 16.0 Å². The molecule has 2 aromatic rings. The number of carbonyl (C=O) groups is 1. The van der Waals surface area contributed by atoms with Gasteiger partial charge in [0.1, 0.15) is 4.90 Å². The van der Waals surface area contributed by atoms with E-state index in [2.05, 4.69) is 14.4 Å². The smallest absolute Gasteiger partial charge is 0.339 e. The van der Waals surface area contributed by atoms with Gasteiger partial charge >= 0.3 is 5.97 Å². The number of nitrogens with one attached hydrogen (secondary N) is 1. The number of hydrogen-bond donors (Lipinski definition) is 1. The molecule has 0 saturated carbocycles. The summed E-state index contributed by atoms with van der Waals surface area (Å²) in [6.07, 6.45) is 3.17. The Morgan fingerprint density at radius 2 is 1.88 bits per heavy atom. The number of esters is 1. The van der Waals surface area contributed by atoms with Gasteiger partial charge in [-0.1, -0.05) is 19.1 Å². The molecule has 7 heteroatoms. The number of hydrogen-bond acceptors (Lipinski definition) is 5. The van der Waals surface area contributed by atoms with E-state index in [-0.39, 0.29) is 10.5 Å². The molecule has 0 unspecified atom stereocenters. The molecule has 1 aromatic heterocycles. The zero-order valence-corrected chi connectivity index (χ0v) is 14.9. The number of pyridine rings is 1. The van der Waals surface area contributed by atoms with Crippen LogP contribution in [0.4, 0.5) is 5.69 Å². The minimum absolute atomic E-state index is 0.0524. The average molecular weight is 348 g/mol. The zero-order valence-electron chi connectivity index (χ0n) is 14.1. The lowest BCUT2D eigenvalue weighted by Crippen LogP contribution is -2.19. The number of anilines is 1. The third-order valence-corrected chi connectivity index (χ3v) is 5.20. The topological polar surface area (TPSA) is 85.4 Å². The minimum atomic E-state index is -3.98. The van der Waals surface area contributed by atoms with E-state index in [0.717, 1.165) is 22.9 Å². The molecule has 0 aliphatic carbocycles. The van der Waals surface area contributed by atoms with Crippen LogP contribution in [0.1, 0.15) is 34.0 Å². The highest BCUT2D eigenvalue weighted by Crippen LogP contribution is 2.28. The van der Waals surface area contributed by atoms with Crippen molar-refractivity contribution in [2.45, 2.75) is 32.1 Å². The molecule has 128 valence electrons. The van der Waals surface area contributed by atoms with Crippen molar-refractivity contribution < 1.29 is 17.9 Å². The lowest BCUT2D eigenvalue weighted by atomic mass is 10.0. The maximum atomic E-state index is 12.8. The fourth-order valence-electron chi connectivity index (χ4n) is 2.53. The first-order chi connectivity index (χ1) is 11.3. The summed E-state index contributed by atoms with van der Waals surface area (Å²) in [6, 6.07) is 5.14. The standard InChI is InChI=1S/C17H20N2O4S/c1-5-13-11(2)6-7-12(3)16(13)19-24(21,22)15-10-18-9-8-14(15)17(20)23-4/h6-10,19H,5H2,1-4H3. The van der Waals surface area contributed by atoms with Gasteiger partial charge in [0, 0.05) is 12.4 Å². The van der Waals surface area contributed by atoms with Gasteiger partial charge in [-0.3, -0.25) is 9.71 Å². The lowest BCUT2D eigenvalue weighted by Gasteiger charge is -2.17. The summed E-state index contributed by atoms with van der Waals surface area (Å²) in [5.41, 5.74) is 3.22. The van der Waals surface area contributed by atoms with Crippen molar-refractivity contribution in [3.05, 3.63) is 52.8 Å². The Labute approximate surface area is 141 Å². The van der Waals surface area contributed by atoms with E-state index in [9.17, 15) is 13.2 Å². The predicted molar refractivity (Wildman–Crippen MR) is 91.7 cm³/mol. The van der Waals surface area contributed by atoms with Gasteiger partial charge in [0.15, 0.2) is 0 Å². The molecule has 0 saturated heterocycles. The highest BCUT2D eigenvalue weighted by Gasteiger charge is 2.25. The number of rotatable bonds is 5. The maximum Gasteiger partial charge on any atom is 0.339 e. The second-order valence-corrected chi connectivity index (χ2v) is 7.03. The molecule has 0 aliphatic rings. The van der Waals surface area contributed by atoms with Crippen LogP contribution in [0.5, 0.6) is 0 Å².